The third-order valence-electron chi connectivity index (χ3n) is 3.38. The van der Waals surface area contributed by atoms with Gasteiger partial charge >= 0.3 is 5.97 Å². The van der Waals surface area contributed by atoms with E-state index in [1.54, 1.807) is 18.2 Å². The number of ether oxygens (including phenoxy) is 1. The van der Waals surface area contributed by atoms with Crippen molar-refractivity contribution >= 4 is 5.97 Å². The molecule has 1 aromatic carbocycles. The van der Waals surface area contributed by atoms with Crippen LogP contribution in [0.15, 0.2) is 24.3 Å². The van der Waals surface area contributed by atoms with Crippen LogP contribution in [0.5, 0.6) is 5.75 Å². The van der Waals surface area contributed by atoms with E-state index in [1.807, 2.05) is 0 Å². The van der Waals surface area contributed by atoms with Crippen molar-refractivity contribution in [2.24, 2.45) is 0 Å². The van der Waals surface area contributed by atoms with Crippen molar-refractivity contribution in [2.75, 3.05) is 46.1 Å². The van der Waals surface area contributed by atoms with Crippen molar-refractivity contribution in [2.45, 2.75) is 0 Å². The topological polar surface area (TPSA) is 73.2 Å². The van der Waals surface area contributed by atoms with E-state index in [4.69, 9.17) is 14.9 Å². The van der Waals surface area contributed by atoms with E-state index in [0.29, 0.717) is 12.5 Å². The summed E-state index contributed by atoms with van der Waals surface area (Å²) in [6, 6.07) is 6.51. The molecule has 6 nitrogen and oxygen atoms in total. The van der Waals surface area contributed by atoms with Crippen molar-refractivity contribution < 1.29 is 19.7 Å². The molecule has 0 spiro atoms. The summed E-state index contributed by atoms with van der Waals surface area (Å²) in [6.45, 7) is 4.97. The summed E-state index contributed by atoms with van der Waals surface area (Å²) in [5.74, 6) is -0.379. The average molecular weight is 280 g/mol. The fourth-order valence-electron chi connectivity index (χ4n) is 2.17. The van der Waals surface area contributed by atoms with Crippen LogP contribution in [0, 0.1) is 0 Å². The SMILES string of the molecule is O=C(O)c1cccc(OCN2CCN(CCO)CC2)c1. The van der Waals surface area contributed by atoms with Crippen LogP contribution in [0.1, 0.15) is 10.4 Å². The van der Waals surface area contributed by atoms with E-state index in [0.717, 1.165) is 32.7 Å². The van der Waals surface area contributed by atoms with Crippen LogP contribution in [0.4, 0.5) is 0 Å². The summed E-state index contributed by atoms with van der Waals surface area (Å²) in [6.07, 6.45) is 0. The second kappa shape index (κ2) is 7.23. The van der Waals surface area contributed by atoms with Crippen LogP contribution in [0.2, 0.25) is 0 Å². The first kappa shape index (κ1) is 14.8. The van der Waals surface area contributed by atoms with E-state index in [9.17, 15) is 4.79 Å². The largest absolute Gasteiger partial charge is 0.478 e. The lowest BCUT2D eigenvalue weighted by molar-refractivity contribution is 0.0589. The molecule has 1 aliphatic heterocycles. The fraction of sp³-hybridized carbons (Fsp3) is 0.500. The molecule has 1 fully saturated rings. The first-order chi connectivity index (χ1) is 9.69. The Kier molecular flexibility index (Phi) is 5.34. The molecule has 1 heterocycles. The Hall–Kier alpha value is -1.63. The van der Waals surface area contributed by atoms with Crippen molar-refractivity contribution in [3.8, 4) is 5.75 Å². The van der Waals surface area contributed by atoms with Gasteiger partial charge in [0.15, 0.2) is 0 Å². The van der Waals surface area contributed by atoms with Gasteiger partial charge in [0.2, 0.25) is 0 Å². The molecule has 6 heteroatoms. The van der Waals surface area contributed by atoms with Gasteiger partial charge in [-0.2, -0.15) is 0 Å². The highest BCUT2D eigenvalue weighted by Gasteiger charge is 2.16. The van der Waals surface area contributed by atoms with Crippen LogP contribution < -0.4 is 4.74 Å². The number of carbonyl (C=O) groups is 1. The summed E-state index contributed by atoms with van der Waals surface area (Å²) in [5, 5.41) is 17.8. The summed E-state index contributed by atoms with van der Waals surface area (Å²) < 4.78 is 5.63. The number of benzene rings is 1. The Morgan fingerprint density at radius 2 is 1.90 bits per heavy atom. The Morgan fingerprint density at radius 3 is 2.55 bits per heavy atom. The molecule has 0 aromatic heterocycles. The molecule has 1 saturated heterocycles. The first-order valence-electron chi connectivity index (χ1n) is 6.71. The van der Waals surface area contributed by atoms with Gasteiger partial charge in [-0.05, 0) is 18.2 Å². The van der Waals surface area contributed by atoms with E-state index in [1.165, 1.54) is 6.07 Å². The predicted octanol–water partition coefficient (Wildman–Crippen LogP) is 0.331. The zero-order chi connectivity index (χ0) is 14.4. The highest BCUT2D eigenvalue weighted by atomic mass is 16.5. The fourth-order valence-corrected chi connectivity index (χ4v) is 2.17. The molecule has 0 saturated carbocycles. The Labute approximate surface area is 118 Å². The first-order valence-corrected chi connectivity index (χ1v) is 6.71. The third kappa shape index (κ3) is 4.19. The summed E-state index contributed by atoms with van der Waals surface area (Å²) in [5.41, 5.74) is 0.232. The molecule has 0 bridgehead atoms. The molecule has 20 heavy (non-hydrogen) atoms. The van der Waals surface area contributed by atoms with Gasteiger partial charge in [-0.25, -0.2) is 4.79 Å². The van der Waals surface area contributed by atoms with Gasteiger partial charge in [0.05, 0.1) is 12.2 Å². The van der Waals surface area contributed by atoms with Gasteiger partial charge in [0.1, 0.15) is 12.5 Å². The Balaban J connectivity index is 1.78. The van der Waals surface area contributed by atoms with E-state index in [-0.39, 0.29) is 12.2 Å². The second-order valence-electron chi connectivity index (χ2n) is 4.79. The summed E-state index contributed by atoms with van der Waals surface area (Å²) in [4.78, 5) is 15.2. The molecular weight excluding hydrogens is 260 g/mol. The smallest absolute Gasteiger partial charge is 0.335 e. The lowest BCUT2D eigenvalue weighted by atomic mass is 10.2. The van der Waals surface area contributed by atoms with Gasteiger partial charge < -0.3 is 14.9 Å². The molecule has 1 aromatic rings. The van der Waals surface area contributed by atoms with Gasteiger partial charge in [-0.15, -0.1) is 0 Å². The average Bonchev–Trinajstić information content (AvgIpc) is 2.47. The number of hydrogen-bond acceptors (Lipinski definition) is 5. The highest BCUT2D eigenvalue weighted by Crippen LogP contribution is 2.14. The lowest BCUT2D eigenvalue weighted by Crippen LogP contribution is -2.48. The van der Waals surface area contributed by atoms with E-state index >= 15 is 0 Å². The Bertz CT molecular complexity index is 445. The number of aliphatic hydroxyl groups is 1. The zero-order valence-electron chi connectivity index (χ0n) is 11.4. The molecule has 0 unspecified atom stereocenters. The number of rotatable bonds is 6. The van der Waals surface area contributed by atoms with Gasteiger partial charge in [0.25, 0.3) is 0 Å². The third-order valence-corrected chi connectivity index (χ3v) is 3.38. The van der Waals surface area contributed by atoms with Gasteiger partial charge in [-0.3, -0.25) is 9.80 Å². The number of nitrogens with zero attached hydrogens (tertiary/aromatic N) is 2. The van der Waals surface area contributed by atoms with Crippen LogP contribution in [-0.4, -0.2) is 72.0 Å². The van der Waals surface area contributed by atoms with Crippen molar-refractivity contribution in [1.82, 2.24) is 9.80 Å². The van der Waals surface area contributed by atoms with Crippen LogP contribution >= 0.6 is 0 Å². The number of β-amino-alcohol motifs (C(OH)–C–C–N with tert-alkyl or cyclic N) is 1. The standard InChI is InChI=1S/C14H20N2O4/c17-9-8-15-4-6-16(7-5-15)11-20-13-3-1-2-12(10-13)14(18)19/h1-3,10,17H,4-9,11H2,(H,18,19). The maximum absolute atomic E-state index is 10.9. The summed E-state index contributed by atoms with van der Waals surface area (Å²) >= 11 is 0. The van der Waals surface area contributed by atoms with Crippen molar-refractivity contribution in [3.05, 3.63) is 29.8 Å². The number of aliphatic hydroxyl groups excluding tert-OH is 1. The Morgan fingerprint density at radius 1 is 1.20 bits per heavy atom. The molecule has 0 radical (unpaired) electrons. The van der Waals surface area contributed by atoms with Crippen LogP contribution in [0.3, 0.4) is 0 Å². The molecule has 0 aliphatic carbocycles. The van der Waals surface area contributed by atoms with E-state index in [2.05, 4.69) is 9.80 Å². The van der Waals surface area contributed by atoms with Gasteiger partial charge in [-0.1, -0.05) is 6.07 Å². The number of carboxylic acid groups (broad SMARTS) is 1. The minimum Gasteiger partial charge on any atom is -0.478 e. The van der Waals surface area contributed by atoms with E-state index < -0.39 is 5.97 Å². The number of aromatic carboxylic acids is 1. The highest BCUT2D eigenvalue weighted by molar-refractivity contribution is 5.87. The molecule has 1 aliphatic rings. The second-order valence-corrected chi connectivity index (χ2v) is 4.79. The zero-order valence-corrected chi connectivity index (χ0v) is 11.4. The maximum atomic E-state index is 10.9. The molecule has 0 atom stereocenters. The molecule has 0 amide bonds. The van der Waals surface area contributed by atoms with Crippen molar-refractivity contribution in [3.63, 3.8) is 0 Å². The maximum Gasteiger partial charge on any atom is 0.335 e. The van der Waals surface area contributed by atoms with Crippen LogP contribution in [0.25, 0.3) is 0 Å². The summed E-state index contributed by atoms with van der Waals surface area (Å²) in [7, 11) is 0. The number of carboxylic acids is 1. The number of piperazine rings is 1. The molecular formula is C14H20N2O4. The lowest BCUT2D eigenvalue weighted by Gasteiger charge is -2.33. The monoisotopic (exact) mass is 280 g/mol. The molecule has 110 valence electrons. The number of hydrogen-bond donors (Lipinski definition) is 2. The minimum absolute atomic E-state index is 0.193. The van der Waals surface area contributed by atoms with Gasteiger partial charge in [0, 0.05) is 32.7 Å². The quantitative estimate of drug-likeness (QED) is 0.782. The minimum atomic E-state index is -0.951. The van der Waals surface area contributed by atoms with Crippen molar-refractivity contribution in [1.29, 1.82) is 0 Å². The van der Waals surface area contributed by atoms with Crippen LogP contribution in [-0.2, 0) is 0 Å². The predicted molar refractivity (Wildman–Crippen MR) is 74.0 cm³/mol. The molecule has 2 rings (SSSR count). The molecule has 2 N–H and O–H groups in total. The normalized spacial score (nSPS) is 17.1.